The van der Waals surface area contributed by atoms with Crippen LogP contribution >= 0.6 is 35.3 Å². The van der Waals surface area contributed by atoms with Gasteiger partial charge >= 0.3 is 0 Å². The number of benzene rings is 1. The van der Waals surface area contributed by atoms with Crippen molar-refractivity contribution in [3.05, 3.63) is 57.8 Å². The number of halogens is 1. The fraction of sp³-hybridized carbons (Fsp3) is 0.500. The Labute approximate surface area is 196 Å². The van der Waals surface area contributed by atoms with E-state index in [2.05, 4.69) is 60.7 Å². The van der Waals surface area contributed by atoms with Crippen molar-refractivity contribution in [2.24, 2.45) is 4.99 Å². The first-order valence-corrected chi connectivity index (χ1v) is 10.8. The summed E-state index contributed by atoms with van der Waals surface area (Å²) in [7, 11) is 2.14. The second-order valence-corrected chi connectivity index (χ2v) is 8.39. The maximum Gasteiger partial charge on any atom is 0.191 e. The van der Waals surface area contributed by atoms with Crippen LogP contribution in [0.4, 0.5) is 0 Å². The molecular formula is C22H35IN4OS. The largest absolute Gasteiger partial charge is 0.384 e. The smallest absolute Gasteiger partial charge is 0.191 e. The highest BCUT2D eigenvalue weighted by molar-refractivity contribution is 14.0. The van der Waals surface area contributed by atoms with Gasteiger partial charge in [0, 0.05) is 19.1 Å². The van der Waals surface area contributed by atoms with Gasteiger partial charge in [-0.05, 0) is 68.3 Å². The van der Waals surface area contributed by atoms with E-state index in [1.54, 1.807) is 11.3 Å². The van der Waals surface area contributed by atoms with Gasteiger partial charge in [0.15, 0.2) is 5.96 Å². The Hall–Kier alpha value is -1.16. The van der Waals surface area contributed by atoms with Gasteiger partial charge in [-0.2, -0.15) is 11.3 Å². The summed E-state index contributed by atoms with van der Waals surface area (Å²) in [5, 5.41) is 21.2. The lowest BCUT2D eigenvalue weighted by Gasteiger charge is -2.24. The molecule has 3 N–H and O–H groups in total. The van der Waals surface area contributed by atoms with Gasteiger partial charge in [-0.3, -0.25) is 4.90 Å². The van der Waals surface area contributed by atoms with Crippen LogP contribution < -0.4 is 10.6 Å². The van der Waals surface area contributed by atoms with Crippen LogP contribution in [0.15, 0.2) is 46.1 Å². The first kappa shape index (κ1) is 25.9. The molecule has 1 unspecified atom stereocenters. The number of rotatable bonds is 9. The van der Waals surface area contributed by atoms with Crippen LogP contribution in [-0.2, 0) is 18.7 Å². The SMILES string of the molecule is CCNC(=NCc1ccccc1CN(C)C(C)C)NCC(C)(O)c1ccsc1.I. The molecule has 0 aliphatic carbocycles. The summed E-state index contributed by atoms with van der Waals surface area (Å²) in [5.74, 6) is 0.713. The van der Waals surface area contributed by atoms with Crippen LogP contribution in [-0.4, -0.2) is 42.1 Å². The molecule has 0 radical (unpaired) electrons. The van der Waals surface area contributed by atoms with Crippen molar-refractivity contribution in [1.29, 1.82) is 0 Å². The molecule has 0 fully saturated rings. The summed E-state index contributed by atoms with van der Waals surface area (Å²) in [6, 6.07) is 10.9. The standard InChI is InChI=1S/C22H34N4OS.HI/c1-6-23-21(25-16-22(4,27)20-11-12-28-15-20)24-13-18-9-7-8-10-19(18)14-26(5)17(2)3;/h7-12,15,17,27H,6,13-14,16H2,1-5H3,(H2,23,24,25);1H. The summed E-state index contributed by atoms with van der Waals surface area (Å²) in [4.78, 5) is 7.07. The number of aliphatic imine (C=N–C) groups is 1. The minimum Gasteiger partial charge on any atom is -0.384 e. The summed E-state index contributed by atoms with van der Waals surface area (Å²) in [6.07, 6.45) is 0. The number of nitrogens with one attached hydrogen (secondary N) is 2. The third kappa shape index (κ3) is 8.24. The second-order valence-electron chi connectivity index (χ2n) is 7.61. The van der Waals surface area contributed by atoms with Crippen molar-refractivity contribution in [3.8, 4) is 0 Å². The molecule has 0 aliphatic heterocycles. The van der Waals surface area contributed by atoms with Crippen molar-refractivity contribution in [2.75, 3.05) is 20.1 Å². The predicted molar refractivity (Wildman–Crippen MR) is 135 cm³/mol. The zero-order valence-corrected chi connectivity index (χ0v) is 21.3. The van der Waals surface area contributed by atoms with E-state index in [1.807, 2.05) is 30.7 Å². The summed E-state index contributed by atoms with van der Waals surface area (Å²) >= 11 is 1.59. The quantitative estimate of drug-likeness (QED) is 0.259. The maximum atomic E-state index is 10.7. The van der Waals surface area contributed by atoms with Gasteiger partial charge in [0.2, 0.25) is 0 Å². The Morgan fingerprint density at radius 3 is 2.48 bits per heavy atom. The van der Waals surface area contributed by atoms with Crippen LogP contribution in [0, 0.1) is 0 Å². The molecule has 0 saturated carbocycles. The van der Waals surface area contributed by atoms with Crippen molar-refractivity contribution >= 4 is 41.3 Å². The van der Waals surface area contributed by atoms with Crippen molar-refractivity contribution in [3.63, 3.8) is 0 Å². The van der Waals surface area contributed by atoms with Crippen LogP contribution in [0.2, 0.25) is 0 Å². The molecule has 1 heterocycles. The average Bonchev–Trinajstić information content (AvgIpc) is 3.20. The summed E-state index contributed by atoms with van der Waals surface area (Å²) < 4.78 is 0. The van der Waals surface area contributed by atoms with E-state index in [0.717, 1.165) is 18.7 Å². The average molecular weight is 531 g/mol. The minimum atomic E-state index is -0.936. The first-order chi connectivity index (χ1) is 13.3. The Kier molecular flexibility index (Phi) is 11.2. The fourth-order valence-corrected chi connectivity index (χ4v) is 3.53. The van der Waals surface area contributed by atoms with E-state index in [9.17, 15) is 5.11 Å². The van der Waals surface area contributed by atoms with Crippen LogP contribution in [0.5, 0.6) is 0 Å². The molecule has 0 spiro atoms. The number of aliphatic hydroxyl groups is 1. The number of hydrogen-bond acceptors (Lipinski definition) is 4. The Balaban J connectivity index is 0.00000420. The van der Waals surface area contributed by atoms with Crippen molar-refractivity contribution in [1.82, 2.24) is 15.5 Å². The van der Waals surface area contributed by atoms with Crippen molar-refractivity contribution < 1.29 is 5.11 Å². The molecular weight excluding hydrogens is 495 g/mol. The fourth-order valence-electron chi connectivity index (χ4n) is 2.75. The molecule has 2 rings (SSSR count). The molecule has 5 nitrogen and oxygen atoms in total. The summed E-state index contributed by atoms with van der Waals surface area (Å²) in [6.45, 7) is 10.9. The molecule has 1 aromatic carbocycles. The monoisotopic (exact) mass is 530 g/mol. The van der Waals surface area contributed by atoms with Gasteiger partial charge in [-0.15, -0.1) is 24.0 Å². The third-order valence-electron chi connectivity index (χ3n) is 4.91. The maximum absolute atomic E-state index is 10.7. The first-order valence-electron chi connectivity index (χ1n) is 9.87. The van der Waals surface area contributed by atoms with Crippen LogP contribution in [0.1, 0.15) is 44.4 Å². The lowest BCUT2D eigenvalue weighted by Crippen LogP contribution is -2.44. The van der Waals surface area contributed by atoms with Gasteiger partial charge in [0.1, 0.15) is 5.60 Å². The van der Waals surface area contributed by atoms with Gasteiger partial charge < -0.3 is 15.7 Å². The lowest BCUT2D eigenvalue weighted by atomic mass is 9.99. The molecule has 7 heteroatoms. The van der Waals surface area contributed by atoms with E-state index in [1.165, 1.54) is 11.1 Å². The zero-order valence-electron chi connectivity index (χ0n) is 18.1. The Morgan fingerprint density at radius 1 is 1.21 bits per heavy atom. The molecule has 1 atom stereocenters. The normalized spacial score (nSPS) is 13.9. The molecule has 162 valence electrons. The van der Waals surface area contributed by atoms with E-state index in [4.69, 9.17) is 4.99 Å². The Morgan fingerprint density at radius 2 is 1.90 bits per heavy atom. The molecule has 2 aromatic rings. The Bertz CT molecular complexity index is 747. The third-order valence-corrected chi connectivity index (χ3v) is 5.60. The number of thiophene rings is 1. The second kappa shape index (κ2) is 12.5. The summed E-state index contributed by atoms with van der Waals surface area (Å²) in [5.41, 5.74) is 2.50. The number of guanidine groups is 1. The zero-order chi connectivity index (χ0) is 20.6. The van der Waals surface area contributed by atoms with Crippen molar-refractivity contribution in [2.45, 2.75) is 52.4 Å². The molecule has 0 bridgehead atoms. The minimum absolute atomic E-state index is 0. The molecule has 0 saturated heterocycles. The van der Waals surface area contributed by atoms with Gasteiger partial charge in [-0.25, -0.2) is 4.99 Å². The highest BCUT2D eigenvalue weighted by Crippen LogP contribution is 2.22. The van der Waals surface area contributed by atoms with Crippen LogP contribution in [0.25, 0.3) is 0 Å². The van der Waals surface area contributed by atoms with E-state index >= 15 is 0 Å². The lowest BCUT2D eigenvalue weighted by molar-refractivity contribution is 0.0621. The van der Waals surface area contributed by atoms with Gasteiger partial charge in [0.25, 0.3) is 0 Å². The predicted octanol–water partition coefficient (Wildman–Crippen LogP) is 4.17. The van der Waals surface area contributed by atoms with E-state index in [0.29, 0.717) is 25.1 Å². The number of nitrogens with zero attached hydrogens (tertiary/aromatic N) is 2. The number of hydrogen-bond donors (Lipinski definition) is 3. The van der Waals surface area contributed by atoms with E-state index < -0.39 is 5.60 Å². The van der Waals surface area contributed by atoms with Gasteiger partial charge in [-0.1, -0.05) is 24.3 Å². The molecule has 0 amide bonds. The van der Waals surface area contributed by atoms with E-state index in [-0.39, 0.29) is 24.0 Å². The molecule has 29 heavy (non-hydrogen) atoms. The van der Waals surface area contributed by atoms with Gasteiger partial charge in [0.05, 0.1) is 13.1 Å². The molecule has 0 aliphatic rings. The molecule has 1 aromatic heterocycles. The highest BCUT2D eigenvalue weighted by Gasteiger charge is 2.23. The van der Waals surface area contributed by atoms with Crippen LogP contribution in [0.3, 0.4) is 0 Å². The topological polar surface area (TPSA) is 59.9 Å². The highest BCUT2D eigenvalue weighted by atomic mass is 127.